The Morgan fingerprint density at radius 3 is 2.78 bits per heavy atom. The molecule has 3 heteroatoms. The van der Waals surface area contributed by atoms with Gasteiger partial charge in [0, 0.05) is 18.1 Å². The molecule has 1 N–H and O–H groups in total. The number of benzene rings is 1. The van der Waals surface area contributed by atoms with Gasteiger partial charge in [-0.25, -0.2) is 4.39 Å². The summed E-state index contributed by atoms with van der Waals surface area (Å²) in [5.41, 5.74) is 0.572. The van der Waals surface area contributed by atoms with Crippen LogP contribution in [0.4, 0.5) is 4.39 Å². The summed E-state index contributed by atoms with van der Waals surface area (Å²) in [4.78, 5) is 0. The van der Waals surface area contributed by atoms with Gasteiger partial charge >= 0.3 is 0 Å². The number of hydrogen-bond acceptors (Lipinski definition) is 2. The van der Waals surface area contributed by atoms with E-state index in [1.54, 1.807) is 6.07 Å². The molecule has 0 bridgehead atoms. The topological polar surface area (TPSA) is 29.5 Å². The van der Waals surface area contributed by atoms with Crippen molar-refractivity contribution >= 4 is 0 Å². The molecular formula is C15H19FO2. The SMILES string of the molecule is CC(C)CCOc1cc(F)cc(C#CCCO)c1. The van der Waals surface area contributed by atoms with Gasteiger partial charge in [0.25, 0.3) is 0 Å². The van der Waals surface area contributed by atoms with E-state index in [0.717, 1.165) is 6.42 Å². The minimum absolute atomic E-state index is 0.0139. The number of hydrogen-bond donors (Lipinski definition) is 1. The van der Waals surface area contributed by atoms with Crippen LogP contribution in [0.25, 0.3) is 0 Å². The molecule has 1 rings (SSSR count). The van der Waals surface area contributed by atoms with Crippen LogP contribution in [0.5, 0.6) is 5.75 Å². The summed E-state index contributed by atoms with van der Waals surface area (Å²) in [5, 5.41) is 8.62. The fourth-order valence-electron chi connectivity index (χ4n) is 1.35. The first-order valence-electron chi connectivity index (χ1n) is 6.15. The van der Waals surface area contributed by atoms with Crippen LogP contribution < -0.4 is 4.74 Å². The summed E-state index contributed by atoms with van der Waals surface area (Å²) < 4.78 is 18.8. The van der Waals surface area contributed by atoms with Crippen LogP contribution in [0.2, 0.25) is 0 Å². The Kier molecular flexibility index (Phi) is 6.24. The van der Waals surface area contributed by atoms with Crippen LogP contribution in [0.3, 0.4) is 0 Å². The second-order valence-electron chi connectivity index (χ2n) is 4.48. The summed E-state index contributed by atoms with van der Waals surface area (Å²) in [6.45, 7) is 4.81. The van der Waals surface area contributed by atoms with E-state index in [1.165, 1.54) is 12.1 Å². The van der Waals surface area contributed by atoms with Crippen molar-refractivity contribution in [2.75, 3.05) is 13.2 Å². The van der Waals surface area contributed by atoms with E-state index in [0.29, 0.717) is 30.3 Å². The highest BCUT2D eigenvalue weighted by Gasteiger charge is 2.01. The van der Waals surface area contributed by atoms with Gasteiger partial charge in [-0.1, -0.05) is 25.7 Å². The number of aliphatic hydroxyl groups excluding tert-OH is 1. The van der Waals surface area contributed by atoms with Gasteiger partial charge in [0.15, 0.2) is 0 Å². The standard InChI is InChI=1S/C15H19FO2/c1-12(2)6-8-18-15-10-13(5-3-4-7-17)9-14(16)11-15/h9-12,17H,4,6-8H2,1-2H3. The molecule has 0 radical (unpaired) electrons. The van der Waals surface area contributed by atoms with Crippen LogP contribution in [-0.2, 0) is 0 Å². The molecule has 0 unspecified atom stereocenters. The lowest BCUT2D eigenvalue weighted by molar-refractivity contribution is 0.288. The zero-order valence-corrected chi connectivity index (χ0v) is 10.9. The lowest BCUT2D eigenvalue weighted by atomic mass is 10.1. The molecule has 0 saturated carbocycles. The molecular weight excluding hydrogens is 231 g/mol. The van der Waals surface area contributed by atoms with Crippen molar-refractivity contribution in [3.63, 3.8) is 0 Å². The molecule has 2 nitrogen and oxygen atoms in total. The molecule has 18 heavy (non-hydrogen) atoms. The van der Waals surface area contributed by atoms with Crippen LogP contribution in [0.15, 0.2) is 18.2 Å². The van der Waals surface area contributed by atoms with Crippen molar-refractivity contribution in [3.8, 4) is 17.6 Å². The largest absolute Gasteiger partial charge is 0.493 e. The Hall–Kier alpha value is -1.53. The fourth-order valence-corrected chi connectivity index (χ4v) is 1.35. The fraction of sp³-hybridized carbons (Fsp3) is 0.467. The first-order valence-corrected chi connectivity index (χ1v) is 6.15. The van der Waals surface area contributed by atoms with Gasteiger partial charge in [0.2, 0.25) is 0 Å². The van der Waals surface area contributed by atoms with Crippen molar-refractivity contribution in [2.24, 2.45) is 5.92 Å². The lowest BCUT2D eigenvalue weighted by Gasteiger charge is -2.08. The predicted octanol–water partition coefficient (Wildman–Crippen LogP) is 2.98. The summed E-state index contributed by atoms with van der Waals surface area (Å²) in [6, 6.07) is 4.44. The summed E-state index contributed by atoms with van der Waals surface area (Å²) in [5.74, 6) is 6.26. The maximum atomic E-state index is 13.3. The van der Waals surface area contributed by atoms with Crippen molar-refractivity contribution in [2.45, 2.75) is 26.7 Å². The van der Waals surface area contributed by atoms with E-state index in [1.807, 2.05) is 0 Å². The molecule has 0 aromatic heterocycles. The average Bonchev–Trinajstić information content (AvgIpc) is 2.28. The zero-order valence-electron chi connectivity index (χ0n) is 10.9. The van der Waals surface area contributed by atoms with E-state index in [-0.39, 0.29) is 12.4 Å². The number of rotatable bonds is 5. The van der Waals surface area contributed by atoms with E-state index >= 15 is 0 Å². The molecule has 98 valence electrons. The van der Waals surface area contributed by atoms with Gasteiger partial charge in [0.05, 0.1) is 13.2 Å². The van der Waals surface area contributed by atoms with Crippen molar-refractivity contribution in [1.29, 1.82) is 0 Å². The third-order valence-corrected chi connectivity index (χ3v) is 2.30. The van der Waals surface area contributed by atoms with Crippen LogP contribution >= 0.6 is 0 Å². The molecule has 0 fully saturated rings. The third-order valence-electron chi connectivity index (χ3n) is 2.30. The van der Waals surface area contributed by atoms with Gasteiger partial charge in [-0.3, -0.25) is 0 Å². The Balaban J connectivity index is 2.66. The first kappa shape index (κ1) is 14.5. The normalized spacial score (nSPS) is 10.1. The van der Waals surface area contributed by atoms with Gasteiger partial charge in [0.1, 0.15) is 11.6 Å². The van der Waals surface area contributed by atoms with Gasteiger partial charge in [-0.05, 0) is 24.5 Å². The molecule has 0 saturated heterocycles. The second-order valence-corrected chi connectivity index (χ2v) is 4.48. The van der Waals surface area contributed by atoms with Gasteiger partial charge in [-0.2, -0.15) is 0 Å². The van der Waals surface area contributed by atoms with Crippen LogP contribution in [0.1, 0.15) is 32.3 Å². The zero-order chi connectivity index (χ0) is 13.4. The van der Waals surface area contributed by atoms with E-state index in [2.05, 4.69) is 25.7 Å². The number of ether oxygens (including phenoxy) is 1. The average molecular weight is 250 g/mol. The Morgan fingerprint density at radius 1 is 1.33 bits per heavy atom. The summed E-state index contributed by atoms with van der Waals surface area (Å²) in [7, 11) is 0. The molecule has 0 amide bonds. The summed E-state index contributed by atoms with van der Waals surface area (Å²) >= 11 is 0. The maximum absolute atomic E-state index is 13.3. The minimum atomic E-state index is -0.356. The Labute approximate surface area is 108 Å². The molecule has 0 heterocycles. The molecule has 0 aliphatic heterocycles. The van der Waals surface area contributed by atoms with Crippen LogP contribution in [0, 0.1) is 23.6 Å². The molecule has 0 aliphatic carbocycles. The number of aliphatic hydroxyl groups is 1. The van der Waals surface area contributed by atoms with Crippen molar-refractivity contribution < 1.29 is 14.2 Å². The van der Waals surface area contributed by atoms with Gasteiger partial charge < -0.3 is 9.84 Å². The van der Waals surface area contributed by atoms with Crippen molar-refractivity contribution in [3.05, 3.63) is 29.6 Å². The monoisotopic (exact) mass is 250 g/mol. The Morgan fingerprint density at radius 2 is 2.11 bits per heavy atom. The predicted molar refractivity (Wildman–Crippen MR) is 69.9 cm³/mol. The second kappa shape index (κ2) is 7.73. The maximum Gasteiger partial charge on any atom is 0.128 e. The minimum Gasteiger partial charge on any atom is -0.493 e. The highest BCUT2D eigenvalue weighted by molar-refractivity contribution is 5.40. The van der Waals surface area contributed by atoms with E-state index < -0.39 is 0 Å². The first-order chi connectivity index (χ1) is 8.61. The van der Waals surface area contributed by atoms with E-state index in [4.69, 9.17) is 9.84 Å². The van der Waals surface area contributed by atoms with Crippen molar-refractivity contribution in [1.82, 2.24) is 0 Å². The van der Waals surface area contributed by atoms with Crippen LogP contribution in [-0.4, -0.2) is 18.3 Å². The Bertz CT molecular complexity index is 430. The molecule has 0 spiro atoms. The highest BCUT2D eigenvalue weighted by Crippen LogP contribution is 2.16. The van der Waals surface area contributed by atoms with E-state index in [9.17, 15) is 4.39 Å². The lowest BCUT2D eigenvalue weighted by Crippen LogP contribution is -2.01. The van der Waals surface area contributed by atoms with Gasteiger partial charge in [-0.15, -0.1) is 0 Å². The molecule has 1 aromatic rings. The highest BCUT2D eigenvalue weighted by atomic mass is 19.1. The quantitative estimate of drug-likeness (QED) is 0.814. The molecule has 0 atom stereocenters. The molecule has 1 aromatic carbocycles. The number of halogens is 1. The smallest absolute Gasteiger partial charge is 0.128 e. The summed E-state index contributed by atoms with van der Waals surface area (Å²) in [6.07, 6.45) is 1.32. The third kappa shape index (κ3) is 5.70. The molecule has 0 aliphatic rings.